The molecular formula is C25H25ClN8O2S. The minimum absolute atomic E-state index is 0.0918. The Bertz CT molecular complexity index is 1370. The number of piperazine rings is 1. The van der Waals surface area contributed by atoms with Crippen molar-refractivity contribution in [2.45, 2.75) is 24.9 Å². The number of carbonyl (C=O) groups excluding carboxylic acids is 2. The fourth-order valence-electron chi connectivity index (χ4n) is 4.53. The Morgan fingerprint density at radius 3 is 2.86 bits per heavy atom. The lowest BCUT2D eigenvalue weighted by Crippen LogP contribution is -2.67. The fourth-order valence-corrected chi connectivity index (χ4v) is 5.44. The van der Waals surface area contributed by atoms with Gasteiger partial charge in [0.25, 0.3) is 0 Å². The van der Waals surface area contributed by atoms with Gasteiger partial charge in [-0.3, -0.25) is 19.1 Å². The van der Waals surface area contributed by atoms with Crippen LogP contribution in [0.3, 0.4) is 0 Å². The summed E-state index contributed by atoms with van der Waals surface area (Å²) in [5.74, 6) is 0.283. The maximum absolute atomic E-state index is 14.2. The summed E-state index contributed by atoms with van der Waals surface area (Å²) in [4.78, 5) is 47.7. The van der Waals surface area contributed by atoms with Gasteiger partial charge < -0.3 is 15.5 Å². The number of nitrogens with zero attached hydrogens (tertiary/aromatic N) is 6. The molecular weight excluding hydrogens is 512 g/mol. The molecule has 0 aromatic carbocycles. The first-order chi connectivity index (χ1) is 18.0. The van der Waals surface area contributed by atoms with Crippen LogP contribution in [0, 0.1) is 0 Å². The molecule has 190 valence electrons. The van der Waals surface area contributed by atoms with Crippen LogP contribution in [0.1, 0.15) is 34.6 Å². The average molecular weight is 537 g/mol. The van der Waals surface area contributed by atoms with E-state index in [1.54, 1.807) is 59.0 Å². The summed E-state index contributed by atoms with van der Waals surface area (Å²) in [6.45, 7) is 3.19. The van der Waals surface area contributed by atoms with Crippen LogP contribution in [0.5, 0.6) is 0 Å². The van der Waals surface area contributed by atoms with Gasteiger partial charge >= 0.3 is 0 Å². The third kappa shape index (κ3) is 5.24. The fraction of sp³-hybridized carbons (Fsp3) is 0.280. The molecule has 1 aliphatic rings. The average Bonchev–Trinajstić information content (AvgIpc) is 3.64. The molecule has 0 radical (unpaired) electrons. The van der Waals surface area contributed by atoms with Gasteiger partial charge in [-0.2, -0.15) is 4.98 Å². The predicted octanol–water partition coefficient (Wildman–Crippen LogP) is 3.07. The van der Waals surface area contributed by atoms with Crippen LogP contribution >= 0.6 is 22.9 Å². The minimum Gasteiger partial charge on any atom is -0.349 e. The maximum atomic E-state index is 14.2. The minimum atomic E-state index is -1.27. The molecule has 2 atom stereocenters. The number of pyridine rings is 1. The first-order valence-electron chi connectivity index (χ1n) is 11.8. The summed E-state index contributed by atoms with van der Waals surface area (Å²) >= 11 is 7.98. The number of anilines is 1. The van der Waals surface area contributed by atoms with Crippen LogP contribution in [-0.2, 0) is 4.79 Å². The number of ketones is 1. The molecule has 37 heavy (non-hydrogen) atoms. The van der Waals surface area contributed by atoms with Gasteiger partial charge in [0, 0.05) is 60.9 Å². The van der Waals surface area contributed by atoms with E-state index in [-0.39, 0.29) is 35.9 Å². The van der Waals surface area contributed by atoms with E-state index in [9.17, 15) is 9.59 Å². The molecule has 0 bridgehead atoms. The summed E-state index contributed by atoms with van der Waals surface area (Å²) in [5, 5.41) is 8.55. The number of thiophene rings is 1. The predicted molar refractivity (Wildman–Crippen MR) is 141 cm³/mol. The Morgan fingerprint density at radius 2 is 2.14 bits per heavy atom. The van der Waals surface area contributed by atoms with Gasteiger partial charge in [-0.15, -0.1) is 11.3 Å². The Balaban J connectivity index is 1.55. The van der Waals surface area contributed by atoms with Crippen molar-refractivity contribution in [3.8, 4) is 5.95 Å². The van der Waals surface area contributed by atoms with Gasteiger partial charge in [-0.25, -0.2) is 9.97 Å². The highest BCUT2D eigenvalue weighted by Crippen LogP contribution is 2.33. The normalized spacial score (nSPS) is 18.4. The molecule has 0 aliphatic carbocycles. The second kappa shape index (κ2) is 10.8. The topological polar surface area (TPSA) is 118 Å². The number of halogens is 1. The highest BCUT2D eigenvalue weighted by atomic mass is 35.5. The molecule has 12 heteroatoms. The van der Waals surface area contributed by atoms with E-state index in [1.165, 1.54) is 6.20 Å². The number of Topliss-reactive ketones (excluding diaryl/α,β-unsaturated/α-hetero) is 1. The lowest BCUT2D eigenvalue weighted by molar-refractivity contribution is -0.122. The van der Waals surface area contributed by atoms with E-state index in [1.807, 2.05) is 29.3 Å². The monoisotopic (exact) mass is 536 g/mol. The molecule has 4 aromatic rings. The molecule has 2 N–H and O–H groups in total. The number of imidazole rings is 1. The third-order valence-electron chi connectivity index (χ3n) is 6.27. The number of carbonyl (C=O) groups is 2. The largest absolute Gasteiger partial charge is 0.349 e. The molecule has 1 fully saturated rings. The number of nitrogens with one attached hydrogen (secondary N) is 2. The highest BCUT2D eigenvalue weighted by Gasteiger charge is 2.48. The van der Waals surface area contributed by atoms with E-state index in [2.05, 4.69) is 25.6 Å². The van der Waals surface area contributed by atoms with E-state index >= 15 is 0 Å². The van der Waals surface area contributed by atoms with Crippen molar-refractivity contribution in [2.75, 3.05) is 24.5 Å². The van der Waals surface area contributed by atoms with Crippen LogP contribution in [0.15, 0.2) is 66.8 Å². The molecule has 2 unspecified atom stereocenters. The van der Waals surface area contributed by atoms with Gasteiger partial charge in [-0.1, -0.05) is 17.7 Å². The summed E-state index contributed by atoms with van der Waals surface area (Å²) in [5.41, 5.74) is -0.866. The number of hydrogen-bond donors (Lipinski definition) is 2. The highest BCUT2D eigenvalue weighted by molar-refractivity contribution is 7.10. The molecule has 0 spiro atoms. The quantitative estimate of drug-likeness (QED) is 0.260. The number of aromatic nitrogens is 5. The summed E-state index contributed by atoms with van der Waals surface area (Å²) < 4.78 is 1.64. The van der Waals surface area contributed by atoms with Crippen LogP contribution in [0.2, 0.25) is 5.15 Å². The Labute approximate surface area is 222 Å². The van der Waals surface area contributed by atoms with Crippen LogP contribution in [0.4, 0.5) is 5.82 Å². The second-order valence-electron chi connectivity index (χ2n) is 8.73. The lowest BCUT2D eigenvalue weighted by Gasteiger charge is -2.46. The van der Waals surface area contributed by atoms with Gasteiger partial charge in [-0.05, 0) is 30.5 Å². The SMILES string of the molecule is CC(NC(=O)CC1(C(=O)c2cccnc2)CNCCN1c1cc(Cl)nc(-n2ccnc2)n1)c1cccs1. The van der Waals surface area contributed by atoms with Crippen molar-refractivity contribution in [1.82, 2.24) is 35.1 Å². The van der Waals surface area contributed by atoms with Crippen molar-refractivity contribution in [1.29, 1.82) is 0 Å². The zero-order valence-corrected chi connectivity index (χ0v) is 21.6. The summed E-state index contributed by atoms with van der Waals surface area (Å²) in [7, 11) is 0. The van der Waals surface area contributed by atoms with Crippen molar-refractivity contribution in [3.05, 3.63) is 82.4 Å². The Kier molecular flexibility index (Phi) is 7.26. The molecule has 10 nitrogen and oxygen atoms in total. The number of hydrogen-bond acceptors (Lipinski definition) is 9. The Morgan fingerprint density at radius 1 is 1.24 bits per heavy atom. The summed E-state index contributed by atoms with van der Waals surface area (Å²) in [6.07, 6.45) is 7.93. The van der Waals surface area contributed by atoms with Gasteiger partial charge in [0.05, 0.1) is 12.5 Å². The molecule has 1 saturated heterocycles. The third-order valence-corrected chi connectivity index (χ3v) is 7.52. The van der Waals surface area contributed by atoms with E-state index in [0.717, 1.165) is 4.88 Å². The van der Waals surface area contributed by atoms with E-state index in [0.29, 0.717) is 30.4 Å². The van der Waals surface area contributed by atoms with Gasteiger partial charge in [0.2, 0.25) is 11.9 Å². The standard InChI is InChI=1S/C25H25ClN8O2S/c1-17(19-5-3-11-37-19)30-22(35)13-25(23(36)18-4-2-6-27-14-18)15-28-8-10-34(25)21-12-20(26)31-24(32-21)33-9-7-29-16-33/h2-7,9,11-12,14,16-17,28H,8,10,13,15H2,1H3,(H,30,35). The van der Waals surface area contributed by atoms with Crippen LogP contribution in [0.25, 0.3) is 5.95 Å². The van der Waals surface area contributed by atoms with Crippen LogP contribution in [-0.4, -0.2) is 61.4 Å². The first kappa shape index (κ1) is 25.0. The molecule has 0 saturated carbocycles. The maximum Gasteiger partial charge on any atom is 0.238 e. The van der Waals surface area contributed by atoms with Crippen molar-refractivity contribution in [2.24, 2.45) is 0 Å². The molecule has 4 aromatic heterocycles. The molecule has 5 rings (SSSR count). The van der Waals surface area contributed by atoms with Crippen molar-refractivity contribution in [3.63, 3.8) is 0 Å². The second-order valence-corrected chi connectivity index (χ2v) is 10.1. The van der Waals surface area contributed by atoms with Gasteiger partial charge in [0.1, 0.15) is 22.8 Å². The first-order valence-corrected chi connectivity index (χ1v) is 13.0. The smallest absolute Gasteiger partial charge is 0.238 e. The number of rotatable bonds is 8. The van der Waals surface area contributed by atoms with Crippen molar-refractivity contribution >= 4 is 40.4 Å². The molecule has 1 amide bonds. The van der Waals surface area contributed by atoms with Gasteiger partial charge in [0.15, 0.2) is 5.78 Å². The molecule has 1 aliphatic heterocycles. The summed E-state index contributed by atoms with van der Waals surface area (Å²) in [6, 6.07) is 8.76. The van der Waals surface area contributed by atoms with Crippen LogP contribution < -0.4 is 15.5 Å². The van der Waals surface area contributed by atoms with Crippen molar-refractivity contribution < 1.29 is 9.59 Å². The Hall–Kier alpha value is -3.67. The number of amides is 1. The van der Waals surface area contributed by atoms with E-state index in [4.69, 9.17) is 16.6 Å². The lowest BCUT2D eigenvalue weighted by atomic mass is 9.82. The zero-order valence-electron chi connectivity index (χ0n) is 20.0. The zero-order chi connectivity index (χ0) is 25.8. The van der Waals surface area contributed by atoms with E-state index < -0.39 is 5.54 Å². The molecule has 5 heterocycles.